The van der Waals surface area contributed by atoms with Gasteiger partial charge in [-0.3, -0.25) is 9.78 Å². The van der Waals surface area contributed by atoms with E-state index in [1.54, 1.807) is 12.1 Å². The lowest BCUT2D eigenvalue weighted by atomic mass is 10.2. The van der Waals surface area contributed by atoms with Gasteiger partial charge in [0.25, 0.3) is 5.56 Å². The Morgan fingerprint density at radius 1 is 1.18 bits per heavy atom. The van der Waals surface area contributed by atoms with E-state index in [-0.39, 0.29) is 11.5 Å². The van der Waals surface area contributed by atoms with Gasteiger partial charge in [0.2, 0.25) is 11.7 Å². The second kappa shape index (κ2) is 7.07. The standard InChI is InChI=1S/C13H15N5O4/c1-20-9-4-8(5-10(21-2)12(9)22-3)6-14-17-13-16-11(19)7-15-18-13/h4-7H,1-3H3,(H2,16,17,18,19)/b14-6+. The van der Waals surface area contributed by atoms with E-state index in [0.29, 0.717) is 22.8 Å². The molecule has 9 nitrogen and oxygen atoms in total. The van der Waals surface area contributed by atoms with Gasteiger partial charge < -0.3 is 14.2 Å². The van der Waals surface area contributed by atoms with Crippen molar-refractivity contribution in [3.05, 3.63) is 34.2 Å². The highest BCUT2D eigenvalue weighted by molar-refractivity contribution is 5.82. The summed E-state index contributed by atoms with van der Waals surface area (Å²) in [5.41, 5.74) is 2.89. The van der Waals surface area contributed by atoms with Crippen molar-refractivity contribution in [3.8, 4) is 17.2 Å². The van der Waals surface area contributed by atoms with Crippen molar-refractivity contribution in [2.24, 2.45) is 5.10 Å². The first kappa shape index (κ1) is 15.3. The monoisotopic (exact) mass is 305 g/mol. The molecule has 9 heteroatoms. The summed E-state index contributed by atoms with van der Waals surface area (Å²) in [4.78, 5) is 13.5. The molecule has 0 aliphatic rings. The van der Waals surface area contributed by atoms with E-state index in [0.717, 1.165) is 6.20 Å². The largest absolute Gasteiger partial charge is 0.493 e. The number of nitrogens with one attached hydrogen (secondary N) is 2. The predicted octanol–water partition coefficient (Wildman–Crippen LogP) is 0.637. The molecular weight excluding hydrogens is 290 g/mol. The fraction of sp³-hybridized carbons (Fsp3) is 0.231. The number of nitrogens with zero attached hydrogens (tertiary/aromatic N) is 3. The van der Waals surface area contributed by atoms with Crippen LogP contribution in [-0.2, 0) is 0 Å². The molecule has 2 N–H and O–H groups in total. The fourth-order valence-corrected chi connectivity index (χ4v) is 1.71. The van der Waals surface area contributed by atoms with Gasteiger partial charge in [0, 0.05) is 5.56 Å². The highest BCUT2D eigenvalue weighted by Gasteiger charge is 2.12. The van der Waals surface area contributed by atoms with E-state index < -0.39 is 0 Å². The van der Waals surface area contributed by atoms with E-state index in [1.165, 1.54) is 27.5 Å². The maximum absolute atomic E-state index is 11.1. The molecule has 0 fully saturated rings. The van der Waals surface area contributed by atoms with Crippen LogP contribution in [0.5, 0.6) is 17.2 Å². The third-order valence-electron chi connectivity index (χ3n) is 2.65. The number of benzene rings is 1. The lowest BCUT2D eigenvalue weighted by Gasteiger charge is -2.12. The van der Waals surface area contributed by atoms with Crippen LogP contribution in [0.4, 0.5) is 5.95 Å². The lowest BCUT2D eigenvalue weighted by Crippen LogP contribution is -2.10. The SMILES string of the molecule is COc1cc(/C=N/Nc2nncc(=O)[nH]2)cc(OC)c1OC. The molecule has 0 radical (unpaired) electrons. The Labute approximate surface area is 125 Å². The highest BCUT2D eigenvalue weighted by Crippen LogP contribution is 2.37. The lowest BCUT2D eigenvalue weighted by molar-refractivity contribution is 0.324. The van der Waals surface area contributed by atoms with Crippen molar-refractivity contribution in [2.45, 2.75) is 0 Å². The third-order valence-corrected chi connectivity index (χ3v) is 2.65. The number of anilines is 1. The van der Waals surface area contributed by atoms with E-state index >= 15 is 0 Å². The summed E-state index contributed by atoms with van der Waals surface area (Å²) in [6.07, 6.45) is 2.57. The fourth-order valence-electron chi connectivity index (χ4n) is 1.71. The molecule has 0 aliphatic heterocycles. The van der Waals surface area contributed by atoms with Crippen LogP contribution in [0.3, 0.4) is 0 Å². The first-order valence-electron chi connectivity index (χ1n) is 6.19. The quantitative estimate of drug-likeness (QED) is 0.595. The predicted molar refractivity (Wildman–Crippen MR) is 80.0 cm³/mol. The maximum Gasteiger partial charge on any atom is 0.271 e. The van der Waals surface area contributed by atoms with Gasteiger partial charge in [-0.1, -0.05) is 0 Å². The highest BCUT2D eigenvalue weighted by atomic mass is 16.5. The topological polar surface area (TPSA) is 111 Å². The van der Waals surface area contributed by atoms with Crippen LogP contribution in [0.1, 0.15) is 5.56 Å². The number of ether oxygens (including phenoxy) is 3. The molecule has 0 saturated heterocycles. The van der Waals surface area contributed by atoms with Crippen molar-refractivity contribution in [1.29, 1.82) is 0 Å². The number of methoxy groups -OCH3 is 3. The van der Waals surface area contributed by atoms with E-state index in [4.69, 9.17) is 14.2 Å². The van der Waals surface area contributed by atoms with Gasteiger partial charge in [-0.25, -0.2) is 5.43 Å². The summed E-state index contributed by atoms with van der Waals surface area (Å²) in [5.74, 6) is 1.65. The van der Waals surface area contributed by atoms with Crippen LogP contribution in [0.25, 0.3) is 0 Å². The molecule has 0 amide bonds. The summed E-state index contributed by atoms with van der Waals surface area (Å²) in [5, 5.41) is 11.1. The number of hydrazone groups is 1. The third kappa shape index (κ3) is 3.51. The Kier molecular flexibility index (Phi) is 4.91. The molecule has 0 spiro atoms. The Bertz CT molecular complexity index is 703. The first-order chi connectivity index (χ1) is 10.7. The second-order valence-corrected chi connectivity index (χ2v) is 4.01. The van der Waals surface area contributed by atoms with Gasteiger partial charge in [0.15, 0.2) is 11.5 Å². The van der Waals surface area contributed by atoms with Crippen molar-refractivity contribution in [2.75, 3.05) is 26.8 Å². The first-order valence-corrected chi connectivity index (χ1v) is 6.19. The molecule has 0 unspecified atom stereocenters. The minimum absolute atomic E-state index is 0.135. The van der Waals surface area contributed by atoms with Gasteiger partial charge >= 0.3 is 0 Å². The van der Waals surface area contributed by atoms with Crippen molar-refractivity contribution < 1.29 is 14.2 Å². The summed E-state index contributed by atoms with van der Waals surface area (Å²) in [6, 6.07) is 3.46. The average Bonchev–Trinajstić information content (AvgIpc) is 2.53. The molecule has 116 valence electrons. The van der Waals surface area contributed by atoms with Crippen molar-refractivity contribution in [1.82, 2.24) is 15.2 Å². The molecular formula is C13H15N5O4. The van der Waals surface area contributed by atoms with Gasteiger partial charge in [0.05, 0.1) is 27.5 Å². The van der Waals surface area contributed by atoms with E-state index in [1.807, 2.05) is 0 Å². The zero-order valence-corrected chi connectivity index (χ0v) is 12.3. The maximum atomic E-state index is 11.1. The van der Waals surface area contributed by atoms with Gasteiger partial charge in [0.1, 0.15) is 6.20 Å². The molecule has 1 aromatic heterocycles. The van der Waals surface area contributed by atoms with E-state index in [9.17, 15) is 4.79 Å². The van der Waals surface area contributed by atoms with Gasteiger partial charge in [-0.2, -0.15) is 5.10 Å². The number of aromatic amines is 1. The number of aromatic nitrogens is 3. The number of H-pyrrole nitrogens is 1. The molecule has 0 bridgehead atoms. The van der Waals surface area contributed by atoms with Crippen LogP contribution >= 0.6 is 0 Å². The molecule has 22 heavy (non-hydrogen) atoms. The van der Waals surface area contributed by atoms with Crippen molar-refractivity contribution >= 4 is 12.2 Å². The molecule has 2 rings (SSSR count). The number of hydrogen-bond acceptors (Lipinski definition) is 8. The molecule has 0 atom stereocenters. The second-order valence-electron chi connectivity index (χ2n) is 4.01. The molecule has 1 aromatic carbocycles. The van der Waals surface area contributed by atoms with Gasteiger partial charge in [-0.05, 0) is 12.1 Å². The van der Waals surface area contributed by atoms with Crippen LogP contribution in [0.15, 0.2) is 28.2 Å². The van der Waals surface area contributed by atoms with Crippen LogP contribution in [0, 0.1) is 0 Å². The van der Waals surface area contributed by atoms with Crippen LogP contribution in [0.2, 0.25) is 0 Å². The Morgan fingerprint density at radius 2 is 1.86 bits per heavy atom. The Morgan fingerprint density at radius 3 is 2.41 bits per heavy atom. The number of rotatable bonds is 6. The summed E-state index contributed by atoms with van der Waals surface area (Å²) < 4.78 is 15.7. The zero-order valence-electron chi connectivity index (χ0n) is 12.3. The summed E-state index contributed by atoms with van der Waals surface area (Å²) >= 11 is 0. The summed E-state index contributed by atoms with van der Waals surface area (Å²) in [7, 11) is 4.58. The van der Waals surface area contributed by atoms with Gasteiger partial charge in [-0.15, -0.1) is 10.2 Å². The smallest absolute Gasteiger partial charge is 0.271 e. The molecule has 0 aliphatic carbocycles. The van der Waals surface area contributed by atoms with Crippen LogP contribution in [-0.4, -0.2) is 42.7 Å². The zero-order chi connectivity index (χ0) is 15.9. The minimum atomic E-state index is -0.375. The van der Waals surface area contributed by atoms with Crippen LogP contribution < -0.4 is 25.2 Å². The Balaban J connectivity index is 2.22. The van der Waals surface area contributed by atoms with Crippen molar-refractivity contribution in [3.63, 3.8) is 0 Å². The molecule has 1 heterocycles. The minimum Gasteiger partial charge on any atom is -0.493 e. The number of hydrogen-bond donors (Lipinski definition) is 2. The van der Waals surface area contributed by atoms with E-state index in [2.05, 4.69) is 25.7 Å². The summed E-state index contributed by atoms with van der Waals surface area (Å²) in [6.45, 7) is 0. The Hall–Kier alpha value is -3.10. The molecule has 0 saturated carbocycles. The average molecular weight is 305 g/mol. The normalized spacial score (nSPS) is 10.5. The molecule has 2 aromatic rings.